The first kappa shape index (κ1) is 15.0. The van der Waals surface area contributed by atoms with Crippen molar-refractivity contribution in [3.05, 3.63) is 16.5 Å². The van der Waals surface area contributed by atoms with Gasteiger partial charge in [-0.2, -0.15) is 0 Å². The molecule has 0 bridgehead atoms. The lowest BCUT2D eigenvalue weighted by Gasteiger charge is -2.09. The van der Waals surface area contributed by atoms with E-state index in [4.69, 9.17) is 9.47 Å². The number of nitrogens with one attached hydrogen (secondary N) is 1. The van der Waals surface area contributed by atoms with E-state index in [-0.39, 0.29) is 5.91 Å². The zero-order chi connectivity index (χ0) is 14.5. The SMILES string of the molecule is CCCc1cc(C(=O)OC)c(NC(=O)[C@@H]2CCCO2)s1. The fraction of sp³-hybridized carbons (Fsp3) is 0.571. The van der Waals surface area contributed by atoms with Gasteiger partial charge in [0.05, 0.1) is 12.7 Å². The van der Waals surface area contributed by atoms with E-state index in [1.165, 1.54) is 18.4 Å². The molecule has 1 fully saturated rings. The number of aryl methyl sites for hydroxylation is 1. The first-order valence-corrected chi connectivity index (χ1v) is 7.60. The van der Waals surface area contributed by atoms with Crippen LogP contribution in [0.25, 0.3) is 0 Å². The van der Waals surface area contributed by atoms with Crippen LogP contribution < -0.4 is 5.32 Å². The minimum Gasteiger partial charge on any atom is -0.465 e. The summed E-state index contributed by atoms with van der Waals surface area (Å²) in [6, 6.07) is 1.80. The maximum atomic E-state index is 12.1. The lowest BCUT2D eigenvalue weighted by atomic mass is 10.2. The zero-order valence-corrected chi connectivity index (χ0v) is 12.5. The van der Waals surface area contributed by atoms with Gasteiger partial charge in [-0.05, 0) is 25.3 Å². The van der Waals surface area contributed by atoms with Crippen molar-refractivity contribution in [2.24, 2.45) is 0 Å². The van der Waals surface area contributed by atoms with E-state index in [1.807, 2.05) is 0 Å². The molecule has 0 saturated carbocycles. The summed E-state index contributed by atoms with van der Waals surface area (Å²) in [5.74, 6) is -0.608. The summed E-state index contributed by atoms with van der Waals surface area (Å²) in [7, 11) is 1.34. The van der Waals surface area contributed by atoms with E-state index >= 15 is 0 Å². The molecule has 2 heterocycles. The van der Waals surface area contributed by atoms with Gasteiger partial charge in [0.1, 0.15) is 11.1 Å². The Bertz CT molecular complexity index is 491. The van der Waals surface area contributed by atoms with Crippen LogP contribution in [0.3, 0.4) is 0 Å². The molecular formula is C14H19NO4S. The van der Waals surface area contributed by atoms with Gasteiger partial charge >= 0.3 is 5.97 Å². The number of methoxy groups -OCH3 is 1. The third-order valence-corrected chi connectivity index (χ3v) is 4.25. The van der Waals surface area contributed by atoms with Crippen molar-refractivity contribution in [1.82, 2.24) is 0 Å². The number of thiophene rings is 1. The van der Waals surface area contributed by atoms with Crippen LogP contribution in [-0.4, -0.2) is 31.7 Å². The summed E-state index contributed by atoms with van der Waals surface area (Å²) in [4.78, 5) is 24.9. The monoisotopic (exact) mass is 297 g/mol. The predicted octanol–water partition coefficient (Wildman–Crippen LogP) is 2.60. The third kappa shape index (κ3) is 3.37. The molecule has 1 atom stereocenters. The molecule has 20 heavy (non-hydrogen) atoms. The second kappa shape index (κ2) is 6.85. The molecule has 1 saturated heterocycles. The molecule has 110 valence electrons. The highest BCUT2D eigenvalue weighted by Crippen LogP contribution is 2.30. The summed E-state index contributed by atoms with van der Waals surface area (Å²) in [5, 5.41) is 3.36. The highest BCUT2D eigenvalue weighted by molar-refractivity contribution is 7.16. The van der Waals surface area contributed by atoms with E-state index in [0.29, 0.717) is 17.2 Å². The summed E-state index contributed by atoms with van der Waals surface area (Å²) in [5.41, 5.74) is 0.423. The summed E-state index contributed by atoms with van der Waals surface area (Å²) in [6.45, 7) is 2.69. The van der Waals surface area contributed by atoms with Crippen molar-refractivity contribution in [2.45, 2.75) is 38.7 Å². The maximum absolute atomic E-state index is 12.1. The molecule has 1 aromatic heterocycles. The number of hydrogen-bond donors (Lipinski definition) is 1. The second-order valence-corrected chi connectivity index (χ2v) is 5.82. The molecule has 0 aliphatic carbocycles. The Hall–Kier alpha value is -1.40. The number of rotatable bonds is 5. The van der Waals surface area contributed by atoms with Crippen molar-refractivity contribution in [1.29, 1.82) is 0 Å². The van der Waals surface area contributed by atoms with Crippen molar-refractivity contribution in [2.75, 3.05) is 19.0 Å². The van der Waals surface area contributed by atoms with Gasteiger partial charge < -0.3 is 14.8 Å². The Morgan fingerprint density at radius 2 is 2.35 bits per heavy atom. The van der Waals surface area contributed by atoms with Gasteiger partial charge in [-0.15, -0.1) is 11.3 Å². The number of hydrogen-bond acceptors (Lipinski definition) is 5. The van der Waals surface area contributed by atoms with Crippen LogP contribution in [0.1, 0.15) is 41.4 Å². The summed E-state index contributed by atoms with van der Waals surface area (Å²) < 4.78 is 10.1. The topological polar surface area (TPSA) is 64.6 Å². The minimum atomic E-state index is -0.425. The standard InChI is InChI=1S/C14H19NO4S/c1-3-5-9-8-10(14(17)18-2)13(20-9)15-12(16)11-6-4-7-19-11/h8,11H,3-7H2,1-2H3,(H,15,16)/t11-/m0/s1. The van der Waals surface area contributed by atoms with Crippen LogP contribution in [0.15, 0.2) is 6.07 Å². The molecule has 1 N–H and O–H groups in total. The third-order valence-electron chi connectivity index (χ3n) is 3.14. The Kier molecular flexibility index (Phi) is 5.14. The van der Waals surface area contributed by atoms with Gasteiger partial charge in [0.15, 0.2) is 0 Å². The molecule has 1 amide bonds. The van der Waals surface area contributed by atoms with Gasteiger partial charge in [-0.25, -0.2) is 4.79 Å². The van der Waals surface area contributed by atoms with Gasteiger partial charge in [0.25, 0.3) is 5.91 Å². The van der Waals surface area contributed by atoms with Gasteiger partial charge in [0.2, 0.25) is 0 Å². The Balaban J connectivity index is 2.15. The average molecular weight is 297 g/mol. The van der Waals surface area contributed by atoms with Crippen molar-refractivity contribution in [3.63, 3.8) is 0 Å². The van der Waals surface area contributed by atoms with Crippen LogP contribution in [-0.2, 0) is 20.7 Å². The van der Waals surface area contributed by atoms with E-state index in [9.17, 15) is 9.59 Å². The Labute approximate surface area is 122 Å². The van der Waals surface area contributed by atoms with Crippen LogP contribution in [0.4, 0.5) is 5.00 Å². The molecule has 0 radical (unpaired) electrons. The number of amides is 1. The molecule has 0 aromatic carbocycles. The van der Waals surface area contributed by atoms with Crippen molar-refractivity contribution >= 4 is 28.2 Å². The predicted molar refractivity (Wildman–Crippen MR) is 77.3 cm³/mol. The number of ether oxygens (including phenoxy) is 2. The largest absolute Gasteiger partial charge is 0.465 e. The highest BCUT2D eigenvalue weighted by Gasteiger charge is 2.26. The molecule has 1 aliphatic rings. The molecular weight excluding hydrogens is 278 g/mol. The fourth-order valence-corrected chi connectivity index (χ4v) is 3.29. The van der Waals surface area contributed by atoms with Crippen LogP contribution >= 0.6 is 11.3 Å². The average Bonchev–Trinajstić information content (AvgIpc) is 3.08. The lowest BCUT2D eigenvalue weighted by Crippen LogP contribution is -2.27. The maximum Gasteiger partial charge on any atom is 0.340 e. The van der Waals surface area contributed by atoms with E-state index < -0.39 is 12.1 Å². The summed E-state index contributed by atoms with van der Waals surface area (Å²) in [6.07, 6.45) is 3.09. The van der Waals surface area contributed by atoms with Crippen molar-refractivity contribution in [3.8, 4) is 0 Å². The molecule has 5 nitrogen and oxygen atoms in total. The number of anilines is 1. The van der Waals surface area contributed by atoms with Gasteiger partial charge in [-0.3, -0.25) is 4.79 Å². The normalized spacial score (nSPS) is 18.0. The van der Waals surface area contributed by atoms with Crippen LogP contribution in [0, 0.1) is 0 Å². The van der Waals surface area contributed by atoms with Crippen LogP contribution in [0.5, 0.6) is 0 Å². The van der Waals surface area contributed by atoms with Crippen LogP contribution in [0.2, 0.25) is 0 Å². The number of carbonyl (C=O) groups excluding carboxylic acids is 2. The molecule has 0 unspecified atom stereocenters. The molecule has 1 aromatic rings. The Morgan fingerprint density at radius 3 is 2.95 bits per heavy atom. The van der Waals surface area contributed by atoms with E-state index in [0.717, 1.165) is 30.6 Å². The van der Waals surface area contributed by atoms with Gasteiger partial charge in [-0.1, -0.05) is 13.3 Å². The first-order chi connectivity index (χ1) is 9.65. The van der Waals surface area contributed by atoms with Crippen molar-refractivity contribution < 1.29 is 19.1 Å². The minimum absolute atomic E-state index is 0.183. The molecule has 2 rings (SSSR count). The molecule has 6 heteroatoms. The smallest absolute Gasteiger partial charge is 0.340 e. The zero-order valence-electron chi connectivity index (χ0n) is 11.7. The number of esters is 1. The second-order valence-electron chi connectivity index (χ2n) is 4.69. The molecule has 0 spiro atoms. The first-order valence-electron chi connectivity index (χ1n) is 6.79. The summed E-state index contributed by atoms with van der Waals surface area (Å²) >= 11 is 1.43. The highest BCUT2D eigenvalue weighted by atomic mass is 32.1. The lowest BCUT2D eigenvalue weighted by molar-refractivity contribution is -0.124. The molecule has 1 aliphatic heterocycles. The number of carbonyl (C=O) groups is 2. The Morgan fingerprint density at radius 1 is 1.55 bits per heavy atom. The fourth-order valence-electron chi connectivity index (χ4n) is 2.14. The van der Waals surface area contributed by atoms with E-state index in [1.54, 1.807) is 6.07 Å². The van der Waals surface area contributed by atoms with Gasteiger partial charge in [0, 0.05) is 11.5 Å². The van der Waals surface area contributed by atoms with E-state index in [2.05, 4.69) is 12.2 Å². The quantitative estimate of drug-likeness (QED) is 0.848.